The molecule has 0 aliphatic carbocycles. The number of hydrogen-bond acceptors (Lipinski definition) is 6. The van der Waals surface area contributed by atoms with Crippen molar-refractivity contribution in [1.82, 2.24) is 19.7 Å². The summed E-state index contributed by atoms with van der Waals surface area (Å²) in [5, 5.41) is 15.1. The molecule has 3 aromatic rings. The zero-order chi connectivity index (χ0) is 16.5. The third kappa shape index (κ3) is 2.56. The molecule has 1 saturated heterocycles. The van der Waals surface area contributed by atoms with Crippen LogP contribution in [0.3, 0.4) is 0 Å². The van der Waals surface area contributed by atoms with Gasteiger partial charge < -0.3 is 14.7 Å². The van der Waals surface area contributed by atoms with Gasteiger partial charge in [-0.3, -0.25) is 0 Å². The third-order valence-electron chi connectivity index (χ3n) is 4.19. The number of ether oxygens (including phenoxy) is 1. The van der Waals surface area contributed by atoms with Gasteiger partial charge in [-0.05, 0) is 19.1 Å². The highest BCUT2D eigenvalue weighted by atomic mass is 16.5. The summed E-state index contributed by atoms with van der Waals surface area (Å²) >= 11 is 0. The van der Waals surface area contributed by atoms with Gasteiger partial charge in [-0.1, -0.05) is 12.1 Å². The zero-order valence-electron chi connectivity index (χ0n) is 13.5. The van der Waals surface area contributed by atoms with Crippen LogP contribution in [0, 0.1) is 0 Å². The van der Waals surface area contributed by atoms with Crippen LogP contribution in [0.15, 0.2) is 30.5 Å². The molecular weight excluding hydrogens is 306 g/mol. The highest BCUT2D eigenvalue weighted by molar-refractivity contribution is 5.88. The number of fused-ring (bicyclic) bond motifs is 1. The van der Waals surface area contributed by atoms with E-state index in [2.05, 4.69) is 10.00 Å². The Balaban J connectivity index is 1.91. The number of aromatic nitrogens is 4. The van der Waals surface area contributed by atoms with Gasteiger partial charge in [0.25, 0.3) is 0 Å². The first kappa shape index (κ1) is 14.9. The molecule has 1 fully saturated rings. The summed E-state index contributed by atoms with van der Waals surface area (Å²) in [5.41, 5.74) is 1.60. The quantitative estimate of drug-likeness (QED) is 0.794. The number of benzene rings is 1. The molecule has 24 heavy (non-hydrogen) atoms. The van der Waals surface area contributed by atoms with Crippen LogP contribution in [-0.2, 0) is 11.3 Å². The van der Waals surface area contributed by atoms with E-state index in [0.29, 0.717) is 19.0 Å². The fraction of sp³-hybridized carbons (Fsp3) is 0.353. The standard InChI is InChI=1S/C17H19N5O2/c1-2-22-17-14(11-18-22)16(21-6-8-24-9-7-21)19-15(20-17)12-4-3-5-13(23)10-12/h3-5,10-11,23H,2,6-9H2,1H3. The Morgan fingerprint density at radius 3 is 2.79 bits per heavy atom. The molecule has 1 aliphatic heterocycles. The number of phenolic OH excluding ortho intramolecular Hbond substituents is 1. The van der Waals surface area contributed by atoms with Gasteiger partial charge in [-0.15, -0.1) is 0 Å². The maximum atomic E-state index is 9.77. The van der Waals surface area contributed by atoms with E-state index >= 15 is 0 Å². The average Bonchev–Trinajstić information content (AvgIpc) is 3.04. The number of aromatic hydroxyl groups is 1. The van der Waals surface area contributed by atoms with Crippen molar-refractivity contribution < 1.29 is 9.84 Å². The van der Waals surface area contributed by atoms with E-state index in [4.69, 9.17) is 14.7 Å². The van der Waals surface area contributed by atoms with E-state index in [0.717, 1.165) is 42.0 Å². The largest absolute Gasteiger partial charge is 0.508 e. The van der Waals surface area contributed by atoms with Crippen molar-refractivity contribution >= 4 is 16.9 Å². The number of anilines is 1. The number of morpholine rings is 1. The molecule has 0 unspecified atom stereocenters. The molecule has 0 radical (unpaired) electrons. The van der Waals surface area contributed by atoms with Crippen molar-refractivity contribution in [3.63, 3.8) is 0 Å². The molecule has 7 heteroatoms. The second kappa shape index (κ2) is 6.09. The predicted octanol–water partition coefficient (Wildman–Crippen LogP) is 2.06. The van der Waals surface area contributed by atoms with Crippen molar-refractivity contribution in [3.05, 3.63) is 30.5 Å². The van der Waals surface area contributed by atoms with Crippen LogP contribution in [0.25, 0.3) is 22.4 Å². The Hall–Kier alpha value is -2.67. The Kier molecular flexibility index (Phi) is 3.78. The highest BCUT2D eigenvalue weighted by Gasteiger charge is 2.20. The van der Waals surface area contributed by atoms with Crippen molar-refractivity contribution in [1.29, 1.82) is 0 Å². The molecule has 1 N–H and O–H groups in total. The van der Waals surface area contributed by atoms with Crippen LogP contribution in [0.1, 0.15) is 6.92 Å². The van der Waals surface area contributed by atoms with Gasteiger partial charge in [0.2, 0.25) is 0 Å². The molecular formula is C17H19N5O2. The summed E-state index contributed by atoms with van der Waals surface area (Å²) < 4.78 is 7.32. The molecule has 0 saturated carbocycles. The van der Waals surface area contributed by atoms with Crippen LogP contribution in [0.5, 0.6) is 5.75 Å². The first-order valence-electron chi connectivity index (χ1n) is 8.12. The van der Waals surface area contributed by atoms with E-state index in [1.54, 1.807) is 18.2 Å². The van der Waals surface area contributed by atoms with Gasteiger partial charge in [0, 0.05) is 25.2 Å². The summed E-state index contributed by atoms with van der Waals surface area (Å²) in [4.78, 5) is 11.7. The second-order valence-electron chi connectivity index (χ2n) is 5.72. The predicted molar refractivity (Wildman–Crippen MR) is 91.1 cm³/mol. The lowest BCUT2D eigenvalue weighted by Crippen LogP contribution is -2.37. The van der Waals surface area contributed by atoms with E-state index in [1.807, 2.05) is 23.9 Å². The van der Waals surface area contributed by atoms with Crippen LogP contribution in [0.2, 0.25) is 0 Å². The van der Waals surface area contributed by atoms with Gasteiger partial charge >= 0.3 is 0 Å². The molecule has 1 aromatic carbocycles. The fourth-order valence-electron chi connectivity index (χ4n) is 2.96. The maximum Gasteiger partial charge on any atom is 0.164 e. The lowest BCUT2D eigenvalue weighted by Gasteiger charge is -2.28. The number of aryl methyl sites for hydroxylation is 1. The molecule has 7 nitrogen and oxygen atoms in total. The molecule has 3 heterocycles. The summed E-state index contributed by atoms with van der Waals surface area (Å²) in [6, 6.07) is 7.01. The number of rotatable bonds is 3. The first-order valence-corrected chi connectivity index (χ1v) is 8.12. The third-order valence-corrected chi connectivity index (χ3v) is 4.19. The summed E-state index contributed by atoms with van der Waals surface area (Å²) in [5.74, 6) is 1.67. The minimum absolute atomic E-state index is 0.202. The van der Waals surface area contributed by atoms with Gasteiger partial charge in [0.1, 0.15) is 11.6 Å². The van der Waals surface area contributed by atoms with Gasteiger partial charge in [0.05, 0.1) is 24.8 Å². The normalized spacial score (nSPS) is 15.1. The Morgan fingerprint density at radius 2 is 2.04 bits per heavy atom. The molecule has 0 spiro atoms. The zero-order valence-corrected chi connectivity index (χ0v) is 13.5. The van der Waals surface area contributed by atoms with Crippen molar-refractivity contribution in [3.8, 4) is 17.1 Å². The SMILES string of the molecule is CCn1ncc2c(N3CCOCC3)nc(-c3cccc(O)c3)nc21. The van der Waals surface area contributed by atoms with Gasteiger partial charge in [-0.25, -0.2) is 14.6 Å². The minimum Gasteiger partial charge on any atom is -0.508 e. The highest BCUT2D eigenvalue weighted by Crippen LogP contribution is 2.29. The minimum atomic E-state index is 0.202. The van der Waals surface area contributed by atoms with Gasteiger partial charge in [0.15, 0.2) is 11.5 Å². The Bertz CT molecular complexity index is 871. The monoisotopic (exact) mass is 325 g/mol. The smallest absolute Gasteiger partial charge is 0.164 e. The van der Waals surface area contributed by atoms with Crippen molar-refractivity contribution in [2.45, 2.75) is 13.5 Å². The Labute approximate surface area is 139 Å². The lowest BCUT2D eigenvalue weighted by molar-refractivity contribution is 0.122. The fourth-order valence-corrected chi connectivity index (χ4v) is 2.96. The number of phenols is 1. The maximum absolute atomic E-state index is 9.77. The van der Waals surface area contributed by atoms with Crippen LogP contribution in [0.4, 0.5) is 5.82 Å². The molecule has 4 rings (SSSR count). The summed E-state index contributed by atoms with van der Waals surface area (Å²) in [6.45, 7) is 5.75. The topological polar surface area (TPSA) is 76.3 Å². The summed E-state index contributed by atoms with van der Waals surface area (Å²) in [7, 11) is 0. The first-order chi connectivity index (χ1) is 11.8. The molecule has 1 aliphatic rings. The molecule has 0 bridgehead atoms. The lowest BCUT2D eigenvalue weighted by atomic mass is 10.2. The van der Waals surface area contributed by atoms with E-state index < -0.39 is 0 Å². The number of hydrogen-bond donors (Lipinski definition) is 1. The van der Waals surface area contributed by atoms with Crippen molar-refractivity contribution in [2.24, 2.45) is 0 Å². The molecule has 0 amide bonds. The Morgan fingerprint density at radius 1 is 1.21 bits per heavy atom. The van der Waals surface area contributed by atoms with Crippen LogP contribution in [-0.4, -0.2) is 51.2 Å². The second-order valence-corrected chi connectivity index (χ2v) is 5.72. The van der Waals surface area contributed by atoms with E-state index in [-0.39, 0.29) is 5.75 Å². The average molecular weight is 325 g/mol. The van der Waals surface area contributed by atoms with Gasteiger partial charge in [-0.2, -0.15) is 5.10 Å². The molecule has 2 aromatic heterocycles. The van der Waals surface area contributed by atoms with Crippen LogP contribution >= 0.6 is 0 Å². The number of nitrogens with zero attached hydrogens (tertiary/aromatic N) is 5. The molecule has 124 valence electrons. The molecule has 0 atom stereocenters. The van der Waals surface area contributed by atoms with E-state index in [9.17, 15) is 5.11 Å². The van der Waals surface area contributed by atoms with E-state index in [1.165, 1.54) is 0 Å². The summed E-state index contributed by atoms with van der Waals surface area (Å²) in [6.07, 6.45) is 1.83. The van der Waals surface area contributed by atoms with Crippen LogP contribution < -0.4 is 4.90 Å². The van der Waals surface area contributed by atoms with Crippen molar-refractivity contribution in [2.75, 3.05) is 31.2 Å².